The van der Waals surface area contributed by atoms with E-state index in [1.54, 1.807) is 13.3 Å². The Morgan fingerprint density at radius 2 is 2.00 bits per heavy atom. The minimum absolute atomic E-state index is 0.153. The van der Waals surface area contributed by atoms with Crippen LogP contribution in [0, 0.1) is 0 Å². The monoisotopic (exact) mass is 240 g/mol. The van der Waals surface area contributed by atoms with Crippen molar-refractivity contribution in [3.05, 3.63) is 42.6 Å². The van der Waals surface area contributed by atoms with Gasteiger partial charge in [-0.2, -0.15) is 0 Å². The normalized spacial score (nSPS) is 10.7. The highest BCUT2D eigenvalue weighted by Gasteiger charge is 2.13. The summed E-state index contributed by atoms with van der Waals surface area (Å²) < 4.78 is 10.8. The molecule has 4 nitrogen and oxygen atoms in total. The number of methoxy groups -OCH3 is 1. The molecule has 0 saturated heterocycles. The molecule has 0 amide bonds. The molecule has 0 saturated carbocycles. The smallest absolute Gasteiger partial charge is 0.292 e. The maximum atomic E-state index is 5.50. The van der Waals surface area contributed by atoms with E-state index in [1.807, 2.05) is 36.4 Å². The van der Waals surface area contributed by atoms with E-state index in [9.17, 15) is 0 Å². The van der Waals surface area contributed by atoms with Gasteiger partial charge in [-0.1, -0.05) is 30.3 Å². The number of hydrogen-bond acceptors (Lipinski definition) is 4. The number of anilines is 1. The van der Waals surface area contributed by atoms with Crippen LogP contribution in [0.1, 0.15) is 0 Å². The Balaban J connectivity index is 2.29. The SMILES string of the molecule is COc1c(-c2cnc(N)o2)ccc2ccccc12. The van der Waals surface area contributed by atoms with Crippen molar-refractivity contribution >= 4 is 16.8 Å². The fraction of sp³-hybridized carbons (Fsp3) is 0.0714. The molecule has 0 bridgehead atoms. The molecular formula is C14H12N2O2. The molecule has 2 aromatic carbocycles. The van der Waals surface area contributed by atoms with Gasteiger partial charge in [-0.15, -0.1) is 0 Å². The molecule has 3 aromatic rings. The Morgan fingerprint density at radius 3 is 2.72 bits per heavy atom. The highest BCUT2D eigenvalue weighted by atomic mass is 16.5. The molecule has 18 heavy (non-hydrogen) atoms. The largest absolute Gasteiger partial charge is 0.495 e. The van der Waals surface area contributed by atoms with Gasteiger partial charge in [0.05, 0.1) is 18.9 Å². The van der Waals surface area contributed by atoms with Crippen molar-refractivity contribution < 1.29 is 9.15 Å². The Hall–Kier alpha value is -2.49. The van der Waals surface area contributed by atoms with Crippen LogP contribution in [-0.2, 0) is 0 Å². The van der Waals surface area contributed by atoms with E-state index in [4.69, 9.17) is 14.9 Å². The van der Waals surface area contributed by atoms with E-state index in [1.165, 1.54) is 0 Å². The fourth-order valence-corrected chi connectivity index (χ4v) is 2.07. The van der Waals surface area contributed by atoms with Crippen molar-refractivity contribution in [2.24, 2.45) is 0 Å². The first-order valence-corrected chi connectivity index (χ1v) is 5.57. The van der Waals surface area contributed by atoms with E-state index in [2.05, 4.69) is 4.98 Å². The summed E-state index contributed by atoms with van der Waals surface area (Å²) >= 11 is 0. The second kappa shape index (κ2) is 4.07. The van der Waals surface area contributed by atoms with Gasteiger partial charge in [0.2, 0.25) is 0 Å². The Labute approximate surface area is 104 Å². The van der Waals surface area contributed by atoms with Crippen LogP contribution in [0.4, 0.5) is 6.01 Å². The van der Waals surface area contributed by atoms with Crippen molar-refractivity contribution in [2.45, 2.75) is 0 Å². The zero-order valence-electron chi connectivity index (χ0n) is 9.88. The summed E-state index contributed by atoms with van der Waals surface area (Å²) in [6.45, 7) is 0. The summed E-state index contributed by atoms with van der Waals surface area (Å²) in [5.74, 6) is 1.37. The number of hydrogen-bond donors (Lipinski definition) is 1. The highest BCUT2D eigenvalue weighted by molar-refractivity contribution is 5.94. The van der Waals surface area contributed by atoms with Gasteiger partial charge in [0.1, 0.15) is 5.75 Å². The minimum Gasteiger partial charge on any atom is -0.495 e. The second-order valence-electron chi connectivity index (χ2n) is 3.93. The molecule has 0 atom stereocenters. The van der Waals surface area contributed by atoms with Crippen LogP contribution in [0.25, 0.3) is 22.1 Å². The van der Waals surface area contributed by atoms with Crippen molar-refractivity contribution in [3.8, 4) is 17.1 Å². The number of benzene rings is 2. The number of nitrogens with zero attached hydrogens (tertiary/aromatic N) is 1. The molecule has 1 heterocycles. The van der Waals surface area contributed by atoms with Gasteiger partial charge >= 0.3 is 0 Å². The molecule has 3 rings (SSSR count). The quantitative estimate of drug-likeness (QED) is 0.747. The molecule has 1 aromatic heterocycles. The minimum atomic E-state index is 0.153. The predicted octanol–water partition coefficient (Wildman–Crippen LogP) is 3.09. The first kappa shape index (κ1) is 10.7. The van der Waals surface area contributed by atoms with Crippen LogP contribution in [0.2, 0.25) is 0 Å². The topological polar surface area (TPSA) is 61.3 Å². The summed E-state index contributed by atoms with van der Waals surface area (Å²) in [4.78, 5) is 3.90. The van der Waals surface area contributed by atoms with Crippen LogP contribution >= 0.6 is 0 Å². The van der Waals surface area contributed by atoms with Gasteiger partial charge < -0.3 is 14.9 Å². The van der Waals surface area contributed by atoms with Crippen molar-refractivity contribution in [2.75, 3.05) is 12.8 Å². The van der Waals surface area contributed by atoms with Crippen LogP contribution in [0.5, 0.6) is 5.75 Å². The first-order chi connectivity index (χ1) is 8.79. The lowest BCUT2D eigenvalue weighted by atomic mass is 10.0. The third kappa shape index (κ3) is 1.59. The fourth-order valence-electron chi connectivity index (χ4n) is 2.07. The third-order valence-corrected chi connectivity index (χ3v) is 2.87. The van der Waals surface area contributed by atoms with E-state index in [0.29, 0.717) is 5.76 Å². The number of aromatic nitrogens is 1. The molecule has 4 heteroatoms. The zero-order chi connectivity index (χ0) is 12.5. The Morgan fingerprint density at radius 1 is 1.17 bits per heavy atom. The van der Waals surface area contributed by atoms with Crippen LogP contribution in [0.3, 0.4) is 0 Å². The Kier molecular flexibility index (Phi) is 2.41. The summed E-state index contributed by atoms with van der Waals surface area (Å²) in [6.07, 6.45) is 1.60. The van der Waals surface area contributed by atoms with Crippen molar-refractivity contribution in [1.29, 1.82) is 0 Å². The highest BCUT2D eigenvalue weighted by Crippen LogP contribution is 2.37. The maximum Gasteiger partial charge on any atom is 0.292 e. The zero-order valence-corrected chi connectivity index (χ0v) is 9.88. The Bertz CT molecular complexity index is 704. The van der Waals surface area contributed by atoms with Gasteiger partial charge in [0.25, 0.3) is 6.01 Å². The van der Waals surface area contributed by atoms with E-state index >= 15 is 0 Å². The van der Waals surface area contributed by atoms with Crippen LogP contribution in [0.15, 0.2) is 47.0 Å². The molecule has 0 fully saturated rings. The van der Waals surface area contributed by atoms with E-state index < -0.39 is 0 Å². The average molecular weight is 240 g/mol. The number of oxazole rings is 1. The lowest BCUT2D eigenvalue weighted by Gasteiger charge is -2.09. The van der Waals surface area contributed by atoms with Gasteiger partial charge in [0.15, 0.2) is 5.76 Å². The molecule has 2 N–H and O–H groups in total. The second-order valence-corrected chi connectivity index (χ2v) is 3.93. The number of fused-ring (bicyclic) bond motifs is 1. The third-order valence-electron chi connectivity index (χ3n) is 2.87. The van der Waals surface area contributed by atoms with Gasteiger partial charge in [-0.05, 0) is 11.5 Å². The van der Waals surface area contributed by atoms with E-state index in [-0.39, 0.29) is 6.01 Å². The molecular weight excluding hydrogens is 228 g/mol. The summed E-state index contributed by atoms with van der Waals surface area (Å²) in [5.41, 5.74) is 6.35. The molecule has 0 aliphatic heterocycles. The molecule has 0 unspecified atom stereocenters. The van der Waals surface area contributed by atoms with Crippen molar-refractivity contribution in [1.82, 2.24) is 4.98 Å². The molecule has 0 aliphatic rings. The maximum absolute atomic E-state index is 5.50. The summed E-state index contributed by atoms with van der Waals surface area (Å²) in [7, 11) is 1.64. The molecule has 0 aliphatic carbocycles. The van der Waals surface area contributed by atoms with E-state index in [0.717, 1.165) is 22.1 Å². The average Bonchev–Trinajstić information content (AvgIpc) is 2.84. The molecule has 90 valence electrons. The van der Waals surface area contributed by atoms with Crippen LogP contribution < -0.4 is 10.5 Å². The van der Waals surface area contributed by atoms with Gasteiger partial charge in [0, 0.05) is 5.39 Å². The number of nitrogen functional groups attached to an aromatic ring is 1. The van der Waals surface area contributed by atoms with Gasteiger partial charge in [-0.25, -0.2) is 4.98 Å². The lowest BCUT2D eigenvalue weighted by Crippen LogP contribution is -1.89. The lowest BCUT2D eigenvalue weighted by molar-refractivity contribution is 0.420. The molecule has 0 spiro atoms. The number of nitrogens with two attached hydrogens (primary N) is 1. The standard InChI is InChI=1S/C14H12N2O2/c1-17-13-10-5-3-2-4-9(10)6-7-11(13)12-8-16-14(15)18-12/h2-8H,1H3,(H2,15,16). The van der Waals surface area contributed by atoms with Crippen LogP contribution in [-0.4, -0.2) is 12.1 Å². The summed E-state index contributed by atoms with van der Waals surface area (Å²) in [5, 5.41) is 2.15. The first-order valence-electron chi connectivity index (χ1n) is 5.57. The predicted molar refractivity (Wildman–Crippen MR) is 70.4 cm³/mol. The molecule has 0 radical (unpaired) electrons. The number of rotatable bonds is 2. The summed E-state index contributed by atoms with van der Waals surface area (Å²) in [6, 6.07) is 12.1. The van der Waals surface area contributed by atoms with Gasteiger partial charge in [-0.3, -0.25) is 0 Å². The van der Waals surface area contributed by atoms with Crippen molar-refractivity contribution in [3.63, 3.8) is 0 Å². The number of ether oxygens (including phenoxy) is 1.